The Morgan fingerprint density at radius 1 is 1.04 bits per heavy atom. The second kappa shape index (κ2) is 8.09. The Hall–Kier alpha value is -2.07. The Morgan fingerprint density at radius 3 is 1.92 bits per heavy atom. The lowest BCUT2D eigenvalue weighted by atomic mass is 9.84. The van der Waals surface area contributed by atoms with Crippen LogP contribution in [-0.4, -0.2) is 47.7 Å². The first-order chi connectivity index (χ1) is 11.7. The molecule has 26 heavy (non-hydrogen) atoms. The average Bonchev–Trinajstić information content (AvgIpc) is 2.51. The molecule has 0 bridgehead atoms. The first-order valence-corrected chi connectivity index (χ1v) is 7.57. The maximum Gasteiger partial charge on any atom is 0.471 e. The topological polar surface area (TPSA) is 63.7 Å². The molecule has 1 aliphatic rings. The van der Waals surface area contributed by atoms with E-state index in [1.165, 1.54) is 6.92 Å². The van der Waals surface area contributed by atoms with Gasteiger partial charge < -0.3 is 4.74 Å². The number of nitrogens with zero attached hydrogens (tertiary/aromatic N) is 1. The van der Waals surface area contributed by atoms with Crippen LogP contribution in [0.2, 0.25) is 0 Å². The summed E-state index contributed by atoms with van der Waals surface area (Å²) in [6, 6.07) is -1.35. The summed E-state index contributed by atoms with van der Waals surface area (Å²) in [4.78, 5) is 34.7. The lowest BCUT2D eigenvalue weighted by molar-refractivity contribution is -0.197. The summed E-state index contributed by atoms with van der Waals surface area (Å²) in [5.41, 5.74) is -0.114. The van der Waals surface area contributed by atoms with Crippen molar-refractivity contribution in [3.63, 3.8) is 0 Å². The van der Waals surface area contributed by atoms with E-state index in [1.54, 1.807) is 0 Å². The zero-order chi connectivity index (χ0) is 20.3. The van der Waals surface area contributed by atoms with E-state index in [0.29, 0.717) is 0 Å². The van der Waals surface area contributed by atoms with E-state index in [9.17, 15) is 40.7 Å². The van der Waals surface area contributed by atoms with Gasteiger partial charge in [0, 0.05) is 11.6 Å². The van der Waals surface area contributed by atoms with Crippen LogP contribution in [0.25, 0.3) is 0 Å². The first-order valence-electron chi connectivity index (χ1n) is 7.57. The smallest absolute Gasteiger partial charge is 0.452 e. The van der Waals surface area contributed by atoms with Crippen LogP contribution >= 0.6 is 0 Å². The fourth-order valence-corrected chi connectivity index (χ4v) is 2.60. The molecule has 0 aromatic heterocycles. The summed E-state index contributed by atoms with van der Waals surface area (Å²) in [5, 5.41) is 0. The predicted octanol–water partition coefficient (Wildman–Crippen LogP) is 3.14. The Morgan fingerprint density at radius 2 is 1.54 bits per heavy atom. The summed E-state index contributed by atoms with van der Waals surface area (Å²) in [6.07, 6.45) is -11.7. The van der Waals surface area contributed by atoms with Gasteiger partial charge in [-0.2, -0.15) is 26.3 Å². The molecule has 1 aliphatic carbocycles. The zero-order valence-electron chi connectivity index (χ0n) is 13.7. The van der Waals surface area contributed by atoms with Crippen molar-refractivity contribution in [3.8, 4) is 0 Å². The number of carbonyl (C=O) groups excluding carboxylic acids is 3. The number of halogens is 6. The standard InChI is InChI=1S/C15H17F6NO4/c1-8(2)12(24)26-7-11(23)22(13(25)15(19,20)21)10-5-3-9(4-6-10)14(16,17)18/h9-10H,1,3-7H2,2H3. The largest absolute Gasteiger partial charge is 0.471 e. The monoisotopic (exact) mass is 389 g/mol. The molecule has 11 heteroatoms. The Kier molecular flexibility index (Phi) is 6.83. The first kappa shape index (κ1) is 22.0. The number of carbonyl (C=O) groups is 3. The summed E-state index contributed by atoms with van der Waals surface area (Å²) in [6.45, 7) is 3.31. The van der Waals surface area contributed by atoms with Gasteiger partial charge in [-0.1, -0.05) is 6.58 Å². The Balaban J connectivity index is 2.90. The molecule has 0 radical (unpaired) electrons. The van der Waals surface area contributed by atoms with Crippen LogP contribution in [0.3, 0.4) is 0 Å². The molecule has 0 N–H and O–H groups in total. The van der Waals surface area contributed by atoms with Gasteiger partial charge in [-0.15, -0.1) is 0 Å². The van der Waals surface area contributed by atoms with E-state index < -0.39 is 74.4 Å². The van der Waals surface area contributed by atoms with Crippen LogP contribution in [0.15, 0.2) is 12.2 Å². The highest BCUT2D eigenvalue weighted by atomic mass is 19.4. The minimum Gasteiger partial charge on any atom is -0.452 e. The van der Waals surface area contributed by atoms with Gasteiger partial charge in [0.25, 0.3) is 5.91 Å². The molecule has 0 spiro atoms. The quantitative estimate of drug-likeness (QED) is 0.421. The molecule has 2 amide bonds. The molecule has 0 heterocycles. The number of rotatable bonds is 4. The molecule has 0 aliphatic heterocycles. The van der Waals surface area contributed by atoms with Crippen molar-refractivity contribution >= 4 is 17.8 Å². The van der Waals surface area contributed by atoms with Crippen LogP contribution in [0.4, 0.5) is 26.3 Å². The molecule has 0 atom stereocenters. The van der Waals surface area contributed by atoms with E-state index >= 15 is 0 Å². The molecule has 1 fully saturated rings. The van der Waals surface area contributed by atoms with E-state index in [4.69, 9.17) is 0 Å². The van der Waals surface area contributed by atoms with E-state index in [1.807, 2.05) is 0 Å². The molecule has 0 unspecified atom stereocenters. The molecule has 0 aromatic rings. The number of hydrogen-bond acceptors (Lipinski definition) is 4. The van der Waals surface area contributed by atoms with Gasteiger partial charge in [0.2, 0.25) is 0 Å². The van der Waals surface area contributed by atoms with Crippen molar-refractivity contribution < 1.29 is 45.5 Å². The summed E-state index contributed by atoms with van der Waals surface area (Å²) >= 11 is 0. The molecular formula is C15H17F6NO4. The highest BCUT2D eigenvalue weighted by molar-refractivity contribution is 5.99. The lowest BCUT2D eigenvalue weighted by Crippen LogP contribution is -2.53. The number of amides is 2. The number of esters is 1. The third-order valence-corrected chi connectivity index (χ3v) is 3.93. The molecule has 1 saturated carbocycles. The molecule has 1 rings (SSSR count). The van der Waals surface area contributed by atoms with Crippen molar-refractivity contribution in [2.75, 3.05) is 6.61 Å². The third-order valence-electron chi connectivity index (χ3n) is 3.93. The van der Waals surface area contributed by atoms with Crippen LogP contribution < -0.4 is 0 Å². The fraction of sp³-hybridized carbons (Fsp3) is 0.667. The van der Waals surface area contributed by atoms with Gasteiger partial charge in [0.15, 0.2) is 6.61 Å². The van der Waals surface area contributed by atoms with Crippen LogP contribution in [0, 0.1) is 5.92 Å². The summed E-state index contributed by atoms with van der Waals surface area (Å²) in [5.74, 6) is -6.68. The van der Waals surface area contributed by atoms with Gasteiger partial charge >= 0.3 is 24.2 Å². The van der Waals surface area contributed by atoms with Gasteiger partial charge in [0.05, 0.1) is 5.92 Å². The second-order valence-corrected chi connectivity index (χ2v) is 5.97. The number of alkyl halides is 6. The van der Waals surface area contributed by atoms with Gasteiger partial charge in [0.1, 0.15) is 0 Å². The van der Waals surface area contributed by atoms with Crippen molar-refractivity contribution in [1.82, 2.24) is 4.90 Å². The molecule has 0 aromatic carbocycles. The minimum absolute atomic E-state index is 0.114. The van der Waals surface area contributed by atoms with Crippen molar-refractivity contribution in [2.24, 2.45) is 5.92 Å². The molecular weight excluding hydrogens is 372 g/mol. The Bertz CT molecular complexity index is 576. The number of imide groups is 1. The zero-order valence-corrected chi connectivity index (χ0v) is 13.7. The SMILES string of the molecule is C=C(C)C(=O)OCC(=O)N(C(=O)C(F)(F)F)C1CCC(C(F)(F)F)CC1. The Labute approximate surface area is 145 Å². The molecule has 148 valence electrons. The molecule has 0 saturated heterocycles. The predicted molar refractivity (Wildman–Crippen MR) is 75.5 cm³/mol. The maximum absolute atomic E-state index is 12.8. The summed E-state index contributed by atoms with van der Waals surface area (Å²) < 4.78 is 80.7. The van der Waals surface area contributed by atoms with Crippen molar-refractivity contribution in [2.45, 2.75) is 51.0 Å². The lowest BCUT2D eigenvalue weighted by Gasteiger charge is -2.36. The minimum atomic E-state index is -5.39. The highest BCUT2D eigenvalue weighted by Crippen LogP contribution is 2.39. The third kappa shape index (κ3) is 5.73. The van der Waals surface area contributed by atoms with E-state index in [0.717, 1.165) is 0 Å². The fourth-order valence-electron chi connectivity index (χ4n) is 2.60. The van der Waals surface area contributed by atoms with Crippen LogP contribution in [0.1, 0.15) is 32.6 Å². The van der Waals surface area contributed by atoms with E-state index in [2.05, 4.69) is 11.3 Å². The van der Waals surface area contributed by atoms with Crippen molar-refractivity contribution in [1.29, 1.82) is 0 Å². The van der Waals surface area contributed by atoms with Crippen LogP contribution in [-0.2, 0) is 19.1 Å². The number of ether oxygens (including phenoxy) is 1. The van der Waals surface area contributed by atoms with Crippen molar-refractivity contribution in [3.05, 3.63) is 12.2 Å². The van der Waals surface area contributed by atoms with E-state index in [-0.39, 0.29) is 10.5 Å². The summed E-state index contributed by atoms with van der Waals surface area (Å²) in [7, 11) is 0. The maximum atomic E-state index is 12.8. The highest BCUT2D eigenvalue weighted by Gasteiger charge is 2.49. The normalized spacial score (nSPS) is 21.0. The van der Waals surface area contributed by atoms with Gasteiger partial charge in [-0.05, 0) is 32.6 Å². The average molecular weight is 389 g/mol. The van der Waals surface area contributed by atoms with Gasteiger partial charge in [-0.3, -0.25) is 14.5 Å². The molecule has 5 nitrogen and oxygen atoms in total. The van der Waals surface area contributed by atoms with Gasteiger partial charge in [-0.25, -0.2) is 4.79 Å². The van der Waals surface area contributed by atoms with Crippen LogP contribution in [0.5, 0.6) is 0 Å². The second-order valence-electron chi connectivity index (χ2n) is 5.97. The number of hydrogen-bond donors (Lipinski definition) is 0.